The van der Waals surface area contributed by atoms with Gasteiger partial charge in [-0.05, 0) is 122 Å². The number of hydrogen-bond acceptors (Lipinski definition) is 0. The highest BCUT2D eigenvalue weighted by Gasteiger charge is 2.62. The van der Waals surface area contributed by atoms with Crippen LogP contribution in [0.3, 0.4) is 0 Å². The zero-order chi connectivity index (χ0) is 22.0. The van der Waals surface area contributed by atoms with Gasteiger partial charge in [-0.25, -0.2) is 0 Å². The van der Waals surface area contributed by atoms with E-state index in [2.05, 4.69) is 84.9 Å². The third-order valence-electron chi connectivity index (χ3n) is 10.4. The Bertz CT molecular complexity index is 1640. The average Bonchev–Trinajstić information content (AvgIpc) is 3.17. The topological polar surface area (TPSA) is 0 Å². The van der Waals surface area contributed by atoms with E-state index in [-0.39, 0.29) is 5.41 Å². The van der Waals surface area contributed by atoms with Crippen LogP contribution in [0.25, 0.3) is 43.4 Å². The quantitative estimate of drug-likeness (QED) is 0.213. The average molecular weight is 437 g/mol. The van der Waals surface area contributed by atoms with Gasteiger partial charge in [-0.2, -0.15) is 0 Å². The van der Waals surface area contributed by atoms with Crippen molar-refractivity contribution in [1.82, 2.24) is 0 Å². The van der Waals surface area contributed by atoms with Gasteiger partial charge in [-0.1, -0.05) is 72.8 Å². The third kappa shape index (κ3) is 2.00. The Hall–Kier alpha value is -3.12. The fourth-order valence-electron chi connectivity index (χ4n) is 9.55. The first-order valence-electron chi connectivity index (χ1n) is 13.3. The molecule has 5 aliphatic rings. The first-order chi connectivity index (χ1) is 16.8. The zero-order valence-electron chi connectivity index (χ0n) is 19.4. The van der Waals surface area contributed by atoms with Crippen LogP contribution in [0.15, 0.2) is 84.9 Å². The molecule has 0 heterocycles. The maximum atomic E-state index is 2.62. The van der Waals surface area contributed by atoms with Crippen molar-refractivity contribution in [3.8, 4) is 11.1 Å². The van der Waals surface area contributed by atoms with Crippen molar-refractivity contribution in [2.45, 2.75) is 37.5 Å². The summed E-state index contributed by atoms with van der Waals surface area (Å²) in [6.07, 6.45) is 7.22. The molecular formula is C34H28. The number of benzene rings is 5. The van der Waals surface area contributed by atoms with Crippen LogP contribution in [-0.2, 0) is 5.41 Å². The van der Waals surface area contributed by atoms with Gasteiger partial charge >= 0.3 is 0 Å². The predicted octanol–water partition coefficient (Wildman–Crippen LogP) is 8.87. The molecule has 0 nitrogen and oxygen atoms in total. The molecular weight excluding hydrogens is 408 g/mol. The third-order valence-corrected chi connectivity index (χ3v) is 10.4. The van der Waals surface area contributed by atoms with E-state index in [0.717, 1.165) is 23.7 Å². The van der Waals surface area contributed by atoms with Crippen molar-refractivity contribution in [1.29, 1.82) is 0 Å². The summed E-state index contributed by atoms with van der Waals surface area (Å²) in [6.45, 7) is 0. The van der Waals surface area contributed by atoms with Crippen LogP contribution in [0.1, 0.15) is 43.2 Å². The van der Waals surface area contributed by atoms with E-state index in [1.165, 1.54) is 70.0 Å². The van der Waals surface area contributed by atoms with Gasteiger partial charge in [0.05, 0.1) is 0 Å². The molecule has 10 rings (SSSR count). The molecule has 0 atom stereocenters. The first-order valence-corrected chi connectivity index (χ1v) is 13.3. The van der Waals surface area contributed by atoms with Gasteiger partial charge in [0.25, 0.3) is 0 Å². The van der Waals surface area contributed by atoms with Crippen molar-refractivity contribution >= 4 is 32.3 Å². The summed E-state index contributed by atoms with van der Waals surface area (Å²) in [5.41, 5.74) is 6.63. The lowest BCUT2D eigenvalue weighted by atomic mass is 9.43. The normalized spacial score (nSPS) is 30.5. The van der Waals surface area contributed by atoms with Crippen LogP contribution >= 0.6 is 0 Å². The van der Waals surface area contributed by atoms with E-state index in [9.17, 15) is 0 Å². The lowest BCUT2D eigenvalue weighted by Gasteiger charge is -2.61. The smallest absolute Gasteiger partial charge is 0.0278 e. The second-order valence-electron chi connectivity index (χ2n) is 11.8. The van der Waals surface area contributed by atoms with Gasteiger partial charge in [0.15, 0.2) is 0 Å². The molecule has 0 aliphatic heterocycles. The van der Waals surface area contributed by atoms with E-state index in [1.54, 1.807) is 16.7 Å². The minimum absolute atomic E-state index is 0.186. The lowest BCUT2D eigenvalue weighted by Crippen LogP contribution is -2.55. The molecule has 164 valence electrons. The zero-order valence-corrected chi connectivity index (χ0v) is 19.4. The molecule has 0 saturated heterocycles. The van der Waals surface area contributed by atoms with E-state index in [1.807, 2.05) is 0 Å². The van der Waals surface area contributed by atoms with Crippen LogP contribution in [0.4, 0.5) is 0 Å². The summed E-state index contributed by atoms with van der Waals surface area (Å²) in [5, 5.41) is 8.63. The Morgan fingerprint density at radius 1 is 0.529 bits per heavy atom. The molecule has 0 aromatic heterocycles. The minimum Gasteiger partial charge on any atom is -0.0616 e. The Kier molecular flexibility index (Phi) is 3.28. The summed E-state index contributed by atoms with van der Waals surface area (Å²) in [4.78, 5) is 0. The van der Waals surface area contributed by atoms with Gasteiger partial charge in [0, 0.05) is 5.41 Å². The lowest BCUT2D eigenvalue weighted by molar-refractivity contribution is -0.0393. The van der Waals surface area contributed by atoms with Crippen LogP contribution in [0, 0.1) is 23.7 Å². The molecule has 0 heteroatoms. The molecule has 0 amide bonds. The molecule has 4 bridgehead atoms. The molecule has 0 radical (unpaired) electrons. The van der Waals surface area contributed by atoms with Gasteiger partial charge in [-0.3, -0.25) is 0 Å². The van der Waals surface area contributed by atoms with Crippen molar-refractivity contribution < 1.29 is 0 Å². The fourth-order valence-corrected chi connectivity index (χ4v) is 9.55. The van der Waals surface area contributed by atoms with Crippen molar-refractivity contribution in [3.63, 3.8) is 0 Å². The van der Waals surface area contributed by atoms with Crippen LogP contribution < -0.4 is 0 Å². The van der Waals surface area contributed by atoms with Crippen LogP contribution in [0.2, 0.25) is 0 Å². The maximum absolute atomic E-state index is 2.62. The second-order valence-corrected chi connectivity index (χ2v) is 11.8. The van der Waals surface area contributed by atoms with Crippen LogP contribution in [0.5, 0.6) is 0 Å². The molecule has 5 aromatic carbocycles. The monoisotopic (exact) mass is 436 g/mol. The molecule has 0 unspecified atom stereocenters. The highest BCUT2D eigenvalue weighted by Crippen LogP contribution is 2.71. The molecule has 4 fully saturated rings. The molecule has 1 spiro atoms. The van der Waals surface area contributed by atoms with E-state index < -0.39 is 0 Å². The summed E-state index contributed by atoms with van der Waals surface area (Å²) in [5.74, 6) is 3.50. The fraction of sp³-hybridized carbons (Fsp3) is 0.294. The minimum atomic E-state index is 0.186. The largest absolute Gasteiger partial charge is 0.0616 e. The van der Waals surface area contributed by atoms with Crippen molar-refractivity contribution in [2.75, 3.05) is 0 Å². The van der Waals surface area contributed by atoms with Gasteiger partial charge in [0.2, 0.25) is 0 Å². The number of rotatable bonds is 0. The maximum Gasteiger partial charge on any atom is 0.0278 e. The first kappa shape index (κ1) is 18.2. The van der Waals surface area contributed by atoms with Crippen LogP contribution in [-0.4, -0.2) is 0 Å². The van der Waals surface area contributed by atoms with Gasteiger partial charge in [0.1, 0.15) is 0 Å². The Morgan fingerprint density at radius 2 is 1.06 bits per heavy atom. The van der Waals surface area contributed by atoms with Gasteiger partial charge in [-0.15, -0.1) is 0 Å². The highest BCUT2D eigenvalue weighted by molar-refractivity contribution is 6.19. The van der Waals surface area contributed by atoms with E-state index in [0.29, 0.717) is 0 Å². The van der Waals surface area contributed by atoms with E-state index in [4.69, 9.17) is 0 Å². The van der Waals surface area contributed by atoms with Gasteiger partial charge < -0.3 is 0 Å². The number of fused-ring (bicyclic) bond motifs is 9. The van der Waals surface area contributed by atoms with E-state index >= 15 is 0 Å². The molecule has 0 N–H and O–H groups in total. The molecule has 34 heavy (non-hydrogen) atoms. The predicted molar refractivity (Wildman–Crippen MR) is 142 cm³/mol. The second kappa shape index (κ2) is 6.11. The highest BCUT2D eigenvalue weighted by atomic mass is 14.6. The Labute approximate surface area is 200 Å². The van der Waals surface area contributed by atoms with Crippen molar-refractivity contribution in [2.24, 2.45) is 23.7 Å². The molecule has 5 aliphatic carbocycles. The molecule has 5 aromatic rings. The summed E-state index contributed by atoms with van der Waals surface area (Å²) < 4.78 is 0. The summed E-state index contributed by atoms with van der Waals surface area (Å²) in [7, 11) is 0. The SMILES string of the molecule is c1ccc2cc3c(cc2c1)-c1c(c2ccccc2c2ccccc12)C31C2CC3CC(C2)CC1C3. The van der Waals surface area contributed by atoms with Crippen molar-refractivity contribution in [3.05, 3.63) is 96.1 Å². The Morgan fingerprint density at radius 3 is 1.74 bits per heavy atom. The molecule has 4 saturated carbocycles. The summed E-state index contributed by atoms with van der Waals surface area (Å²) in [6, 6.07) is 32.8. The number of hydrogen-bond donors (Lipinski definition) is 0. The standard InChI is InChI=1S/C34H28/c1-2-8-23-19-31-30(18-22(23)7-1)32-28-11-5-3-9-26(28)27-10-4-6-12-29(27)33(32)34(31)24-14-20-13-21(16-24)17-25(34)15-20/h1-12,18-21,24-25H,13-17H2. The summed E-state index contributed by atoms with van der Waals surface area (Å²) >= 11 is 0. The Balaban J connectivity index is 1.53.